The van der Waals surface area contributed by atoms with Gasteiger partial charge in [0.25, 0.3) is 5.91 Å². The number of esters is 1. The molecule has 0 radical (unpaired) electrons. The van der Waals surface area contributed by atoms with Gasteiger partial charge in [0.15, 0.2) is 0 Å². The van der Waals surface area contributed by atoms with Crippen molar-refractivity contribution in [3.8, 4) is 5.75 Å². The van der Waals surface area contributed by atoms with Gasteiger partial charge in [-0.2, -0.15) is 0 Å². The maximum Gasteiger partial charge on any atom is 0.341 e. The first-order valence-corrected chi connectivity index (χ1v) is 16.1. The molecule has 0 unspecified atom stereocenters. The van der Waals surface area contributed by atoms with Crippen LogP contribution in [-0.4, -0.2) is 46.3 Å². The first kappa shape index (κ1) is 28.8. The number of benzene rings is 1. The molecule has 1 saturated heterocycles. The van der Waals surface area contributed by atoms with E-state index >= 15 is 0 Å². The molecule has 0 atom stereocenters. The summed E-state index contributed by atoms with van der Waals surface area (Å²) in [7, 11) is 0. The zero-order valence-electron chi connectivity index (χ0n) is 22.7. The van der Waals surface area contributed by atoms with Gasteiger partial charge in [0, 0.05) is 17.8 Å². The highest BCUT2D eigenvalue weighted by Gasteiger charge is 2.33. The molecular formula is C30H34N2O5S3. The van der Waals surface area contributed by atoms with Crippen molar-refractivity contribution in [3.05, 3.63) is 50.7 Å². The molecule has 7 nitrogen and oxygen atoms in total. The average Bonchev–Trinajstić information content (AvgIpc) is 3.44. The van der Waals surface area contributed by atoms with Crippen LogP contribution in [0.5, 0.6) is 5.75 Å². The fraction of sp³-hybridized carbons (Fsp3) is 0.467. The van der Waals surface area contributed by atoms with Gasteiger partial charge in [-0.3, -0.25) is 14.5 Å². The third kappa shape index (κ3) is 6.78. The molecule has 0 spiro atoms. The van der Waals surface area contributed by atoms with Gasteiger partial charge in [-0.1, -0.05) is 42.5 Å². The molecule has 2 aliphatic carbocycles. The number of thiocarbonyl (C=S) groups is 1. The van der Waals surface area contributed by atoms with Crippen LogP contribution >= 0.6 is 35.3 Å². The van der Waals surface area contributed by atoms with Gasteiger partial charge in [-0.15, -0.1) is 11.3 Å². The number of hydrogen-bond donors (Lipinski definition) is 1. The van der Waals surface area contributed by atoms with Crippen molar-refractivity contribution in [3.63, 3.8) is 0 Å². The number of thiophene rings is 1. The van der Waals surface area contributed by atoms with Gasteiger partial charge in [0.1, 0.15) is 15.1 Å². The molecule has 0 bridgehead atoms. The minimum Gasteiger partial charge on any atom is -0.490 e. The summed E-state index contributed by atoms with van der Waals surface area (Å²) in [5, 5.41) is 3.45. The van der Waals surface area contributed by atoms with E-state index < -0.39 is 5.97 Å². The van der Waals surface area contributed by atoms with Crippen molar-refractivity contribution < 1.29 is 23.9 Å². The van der Waals surface area contributed by atoms with E-state index in [1.807, 2.05) is 30.3 Å². The normalized spacial score (nSPS) is 18.6. The number of fused-ring (bicyclic) bond motifs is 1. The van der Waals surface area contributed by atoms with Crippen molar-refractivity contribution in [1.82, 2.24) is 4.90 Å². The molecule has 1 aromatic heterocycles. The largest absolute Gasteiger partial charge is 0.490 e. The van der Waals surface area contributed by atoms with Crippen molar-refractivity contribution in [1.29, 1.82) is 0 Å². The van der Waals surface area contributed by atoms with Gasteiger partial charge in [0.05, 0.1) is 23.2 Å². The molecule has 10 heteroatoms. The lowest BCUT2D eigenvalue weighted by atomic mass is 9.95. The van der Waals surface area contributed by atoms with E-state index in [0.29, 0.717) is 19.8 Å². The molecule has 3 aliphatic rings. The Morgan fingerprint density at radius 3 is 2.60 bits per heavy atom. The molecule has 1 N–H and O–H groups in total. The number of carbonyl (C=O) groups is 3. The van der Waals surface area contributed by atoms with Crippen LogP contribution in [0.4, 0.5) is 5.00 Å². The first-order chi connectivity index (χ1) is 19.4. The summed E-state index contributed by atoms with van der Waals surface area (Å²) in [6, 6.07) is 7.77. The first-order valence-electron chi connectivity index (χ1n) is 14.1. The standard InChI is InChI=1S/C30H34N2O5S3/c1-2-36-29(35)26-22-10-6-7-11-23(22)39-27(26)31-25(33)16-17-32-28(34)24(40-30(32)38)18-19-12-14-21(15-13-19)37-20-8-4-3-5-9-20/h12-15,18,20H,2-11,16-17H2,1H3,(H,31,33)/b24-18-. The lowest BCUT2D eigenvalue weighted by molar-refractivity contribution is -0.122. The van der Waals surface area contributed by atoms with Crippen LogP contribution in [0.1, 0.15) is 84.7 Å². The number of anilines is 1. The fourth-order valence-electron chi connectivity index (χ4n) is 5.34. The lowest BCUT2D eigenvalue weighted by Crippen LogP contribution is -2.31. The number of nitrogens with one attached hydrogen (secondary N) is 1. The zero-order valence-corrected chi connectivity index (χ0v) is 25.1. The number of rotatable bonds is 9. The highest BCUT2D eigenvalue weighted by atomic mass is 32.2. The van der Waals surface area contributed by atoms with Crippen LogP contribution in [0.25, 0.3) is 6.08 Å². The summed E-state index contributed by atoms with van der Waals surface area (Å²) in [4.78, 5) is 41.8. The number of nitrogens with zero attached hydrogens (tertiary/aromatic N) is 1. The Bertz CT molecular complexity index is 1310. The third-order valence-electron chi connectivity index (χ3n) is 7.37. The number of carbonyl (C=O) groups excluding carboxylic acids is 3. The van der Waals surface area contributed by atoms with Gasteiger partial charge in [-0.05, 0) is 87.6 Å². The van der Waals surface area contributed by atoms with Crippen molar-refractivity contribution >= 4 is 68.5 Å². The van der Waals surface area contributed by atoms with E-state index in [1.54, 1.807) is 6.92 Å². The zero-order chi connectivity index (χ0) is 28.1. The van der Waals surface area contributed by atoms with Crippen LogP contribution in [0.3, 0.4) is 0 Å². The number of amides is 2. The summed E-state index contributed by atoms with van der Waals surface area (Å²) < 4.78 is 11.8. The maximum absolute atomic E-state index is 13.1. The maximum atomic E-state index is 13.1. The summed E-state index contributed by atoms with van der Waals surface area (Å²) in [5.74, 6) is -0.0203. The molecule has 40 heavy (non-hydrogen) atoms. The fourth-order valence-corrected chi connectivity index (χ4v) is 7.94. The lowest BCUT2D eigenvalue weighted by Gasteiger charge is -2.22. The quantitative estimate of drug-likeness (QED) is 0.194. The summed E-state index contributed by atoms with van der Waals surface area (Å²) in [6.07, 6.45) is 11.9. The summed E-state index contributed by atoms with van der Waals surface area (Å²) >= 11 is 8.16. The molecule has 2 heterocycles. The Morgan fingerprint density at radius 1 is 1.10 bits per heavy atom. The van der Waals surface area contributed by atoms with Crippen LogP contribution < -0.4 is 10.1 Å². The van der Waals surface area contributed by atoms with E-state index in [2.05, 4.69) is 5.32 Å². The van der Waals surface area contributed by atoms with Gasteiger partial charge >= 0.3 is 5.97 Å². The predicted octanol–water partition coefficient (Wildman–Crippen LogP) is 6.75. The van der Waals surface area contributed by atoms with E-state index in [4.69, 9.17) is 21.7 Å². The Labute approximate surface area is 248 Å². The molecule has 212 valence electrons. The highest BCUT2D eigenvalue weighted by Crippen LogP contribution is 2.39. The Morgan fingerprint density at radius 2 is 1.85 bits per heavy atom. The number of aryl methyl sites for hydroxylation is 1. The van der Waals surface area contributed by atoms with Gasteiger partial charge < -0.3 is 14.8 Å². The van der Waals surface area contributed by atoms with Crippen molar-refractivity contribution in [2.24, 2.45) is 0 Å². The Hall–Kier alpha value is -2.69. The molecule has 5 rings (SSSR count). The molecule has 1 aliphatic heterocycles. The minimum atomic E-state index is -0.396. The van der Waals surface area contributed by atoms with E-state index in [0.717, 1.165) is 60.3 Å². The van der Waals surface area contributed by atoms with E-state index in [9.17, 15) is 14.4 Å². The number of hydrogen-bond acceptors (Lipinski definition) is 8. The Balaban J connectivity index is 1.18. The predicted molar refractivity (Wildman–Crippen MR) is 164 cm³/mol. The van der Waals surface area contributed by atoms with E-state index in [-0.39, 0.29) is 37.5 Å². The minimum absolute atomic E-state index is 0.0672. The SMILES string of the molecule is CCOC(=O)c1c(NC(=O)CCN2C(=O)/C(=C/c3ccc(OC4CCCCC4)cc3)SC2=S)sc2c1CCCC2. The molecule has 1 aromatic carbocycles. The molecular weight excluding hydrogens is 565 g/mol. The van der Waals surface area contributed by atoms with E-state index in [1.165, 1.54) is 47.3 Å². The van der Waals surface area contributed by atoms with Crippen LogP contribution in [0, 0.1) is 0 Å². The molecule has 2 aromatic rings. The monoisotopic (exact) mass is 598 g/mol. The summed E-state index contributed by atoms with van der Waals surface area (Å²) in [5.41, 5.74) is 2.38. The number of thioether (sulfide) groups is 1. The van der Waals surface area contributed by atoms with Gasteiger partial charge in [-0.25, -0.2) is 4.79 Å². The highest BCUT2D eigenvalue weighted by molar-refractivity contribution is 8.26. The molecule has 2 amide bonds. The smallest absolute Gasteiger partial charge is 0.341 e. The average molecular weight is 599 g/mol. The number of ether oxygens (including phenoxy) is 2. The summed E-state index contributed by atoms with van der Waals surface area (Å²) in [6.45, 7) is 2.21. The second-order valence-corrected chi connectivity index (χ2v) is 13.0. The van der Waals surface area contributed by atoms with Crippen LogP contribution in [0.15, 0.2) is 29.2 Å². The van der Waals surface area contributed by atoms with Crippen molar-refractivity contribution in [2.45, 2.75) is 77.2 Å². The van der Waals surface area contributed by atoms with Crippen LogP contribution in [-0.2, 0) is 27.2 Å². The van der Waals surface area contributed by atoms with Crippen molar-refractivity contribution in [2.75, 3.05) is 18.5 Å². The molecule has 2 fully saturated rings. The second-order valence-electron chi connectivity index (χ2n) is 10.2. The topological polar surface area (TPSA) is 84.9 Å². The second kappa shape index (κ2) is 13.3. The Kier molecular flexibility index (Phi) is 9.59. The molecule has 1 saturated carbocycles. The third-order valence-corrected chi connectivity index (χ3v) is 9.96. The van der Waals surface area contributed by atoms with Crippen LogP contribution in [0.2, 0.25) is 0 Å². The van der Waals surface area contributed by atoms with Gasteiger partial charge in [0.2, 0.25) is 5.91 Å².